The van der Waals surface area contributed by atoms with Crippen molar-refractivity contribution in [3.8, 4) is 6.07 Å². The topological polar surface area (TPSA) is 78.9 Å². The van der Waals surface area contributed by atoms with Crippen molar-refractivity contribution in [2.45, 2.75) is 91.7 Å². The Bertz CT molecular complexity index is 974. The van der Waals surface area contributed by atoms with Crippen LogP contribution in [-0.4, -0.2) is 26.3 Å². The van der Waals surface area contributed by atoms with Crippen LogP contribution in [-0.2, 0) is 11.3 Å². The monoisotopic (exact) mass is 451 g/mol. The summed E-state index contributed by atoms with van der Waals surface area (Å²) >= 11 is 0. The number of rotatable bonds is 3. The van der Waals surface area contributed by atoms with E-state index in [9.17, 15) is 15.2 Å². The molecule has 180 valence electrons. The molecule has 4 aliphatic rings. The molecule has 4 saturated carbocycles. The molecular weight excluding hydrogens is 410 g/mol. The lowest BCUT2D eigenvalue weighted by Crippen LogP contribution is -2.52. The molecule has 4 fully saturated rings. The van der Waals surface area contributed by atoms with E-state index in [1.807, 2.05) is 13.8 Å². The van der Waals surface area contributed by atoms with Crippen molar-refractivity contribution in [1.82, 2.24) is 9.78 Å². The lowest BCUT2D eigenvalue weighted by atomic mass is 9.48. The summed E-state index contributed by atoms with van der Waals surface area (Å²) in [5.41, 5.74) is 0.938. The van der Waals surface area contributed by atoms with Crippen molar-refractivity contribution in [1.29, 1.82) is 5.26 Å². The standard InChI is InChI=1S/C28H41N3O2/c1-16-17(2)26(24(32)15-31-18(3)20(13-29)14-30-31)28(5)11-9-22-21-8-10-27(4,33)12-19(21)6-7-23(22)25(16)28/h14,16-17,19,21-23,25-26,33H,6-12,15H2,1-5H3/t16-,17+,19-,21+,22?,23-,25?,26-,27-,28+/m1/s1. The highest BCUT2D eigenvalue weighted by Crippen LogP contribution is 2.67. The molecule has 2 unspecified atom stereocenters. The number of fused-ring (bicyclic) bond motifs is 5. The van der Waals surface area contributed by atoms with Crippen LogP contribution in [0, 0.1) is 71.0 Å². The number of hydrogen-bond donors (Lipinski definition) is 1. The third-order valence-electron chi connectivity index (χ3n) is 11.0. The zero-order chi connectivity index (χ0) is 23.7. The molecule has 0 saturated heterocycles. The first kappa shape index (κ1) is 23.1. The first-order valence-electron chi connectivity index (χ1n) is 13.2. The molecule has 1 aromatic heterocycles. The van der Waals surface area contributed by atoms with Crippen LogP contribution >= 0.6 is 0 Å². The molecule has 0 bridgehead atoms. The highest BCUT2D eigenvalue weighted by atomic mass is 16.3. The van der Waals surface area contributed by atoms with Crippen LogP contribution in [0.5, 0.6) is 0 Å². The molecule has 10 atom stereocenters. The molecule has 0 radical (unpaired) electrons. The zero-order valence-electron chi connectivity index (χ0n) is 21.1. The number of ketones is 1. The first-order chi connectivity index (χ1) is 15.6. The Kier molecular flexibility index (Phi) is 5.55. The number of nitriles is 1. The van der Waals surface area contributed by atoms with E-state index < -0.39 is 5.60 Å². The second-order valence-electron chi connectivity index (χ2n) is 12.7. The van der Waals surface area contributed by atoms with E-state index in [2.05, 4.69) is 31.9 Å². The van der Waals surface area contributed by atoms with Gasteiger partial charge in [-0.1, -0.05) is 20.8 Å². The van der Waals surface area contributed by atoms with Gasteiger partial charge < -0.3 is 5.11 Å². The Morgan fingerprint density at radius 2 is 1.88 bits per heavy atom. The van der Waals surface area contributed by atoms with Gasteiger partial charge in [0.25, 0.3) is 0 Å². The number of carbonyl (C=O) groups excluding carboxylic acids is 1. The highest BCUT2D eigenvalue weighted by molar-refractivity contribution is 5.82. The number of aliphatic hydroxyl groups is 1. The van der Waals surface area contributed by atoms with Crippen molar-refractivity contribution in [2.75, 3.05) is 0 Å². The Balaban J connectivity index is 1.39. The summed E-state index contributed by atoms with van der Waals surface area (Å²) in [7, 11) is 0. The van der Waals surface area contributed by atoms with E-state index in [4.69, 9.17) is 0 Å². The zero-order valence-corrected chi connectivity index (χ0v) is 21.1. The maximum absolute atomic E-state index is 13.8. The van der Waals surface area contributed by atoms with Gasteiger partial charge in [-0.3, -0.25) is 9.48 Å². The molecule has 0 spiro atoms. The molecule has 4 aliphatic carbocycles. The summed E-state index contributed by atoms with van der Waals surface area (Å²) in [6.45, 7) is 11.3. The Morgan fingerprint density at radius 3 is 2.58 bits per heavy atom. The Hall–Kier alpha value is -1.67. The molecule has 33 heavy (non-hydrogen) atoms. The summed E-state index contributed by atoms with van der Waals surface area (Å²) in [6.07, 6.45) is 9.58. The maximum Gasteiger partial charge on any atom is 0.158 e. The summed E-state index contributed by atoms with van der Waals surface area (Å²) in [4.78, 5) is 13.8. The molecule has 5 heteroatoms. The second kappa shape index (κ2) is 7.94. The largest absolute Gasteiger partial charge is 0.390 e. The lowest BCUT2D eigenvalue weighted by molar-refractivity contribution is -0.134. The number of carbonyl (C=O) groups is 1. The summed E-state index contributed by atoms with van der Waals surface area (Å²) < 4.78 is 1.74. The summed E-state index contributed by atoms with van der Waals surface area (Å²) in [5.74, 6) is 4.85. The van der Waals surface area contributed by atoms with Crippen molar-refractivity contribution in [3.05, 3.63) is 17.5 Å². The molecule has 0 aromatic carbocycles. The minimum absolute atomic E-state index is 0.0587. The predicted octanol–water partition coefficient (Wildman–Crippen LogP) is 5.14. The van der Waals surface area contributed by atoms with Gasteiger partial charge >= 0.3 is 0 Å². The van der Waals surface area contributed by atoms with Crippen molar-refractivity contribution in [2.24, 2.45) is 52.8 Å². The van der Waals surface area contributed by atoms with Crippen LogP contribution in [0.1, 0.15) is 83.9 Å². The van der Waals surface area contributed by atoms with Gasteiger partial charge in [-0.15, -0.1) is 0 Å². The van der Waals surface area contributed by atoms with Gasteiger partial charge in [0, 0.05) is 5.92 Å². The molecular formula is C28H41N3O2. The van der Waals surface area contributed by atoms with Crippen LogP contribution in [0.15, 0.2) is 6.20 Å². The third kappa shape index (κ3) is 3.51. The van der Waals surface area contributed by atoms with E-state index >= 15 is 0 Å². The summed E-state index contributed by atoms with van der Waals surface area (Å²) in [6, 6.07) is 2.18. The SMILES string of the molecule is Cc1c(C#N)cnn1CC(=O)[C@H]1[C@@H](C)[C@@H](C)C2[C@@H]3CC[C@@H]4C[C@](C)(O)CC[C@@H]4C3CC[C@@]21C. The van der Waals surface area contributed by atoms with Crippen LogP contribution in [0.2, 0.25) is 0 Å². The van der Waals surface area contributed by atoms with Crippen LogP contribution in [0.3, 0.4) is 0 Å². The van der Waals surface area contributed by atoms with Gasteiger partial charge in [-0.2, -0.15) is 10.4 Å². The summed E-state index contributed by atoms with van der Waals surface area (Å²) in [5, 5.41) is 24.3. The van der Waals surface area contributed by atoms with Crippen LogP contribution in [0.4, 0.5) is 0 Å². The quantitative estimate of drug-likeness (QED) is 0.690. The van der Waals surface area contributed by atoms with Crippen molar-refractivity contribution in [3.63, 3.8) is 0 Å². The van der Waals surface area contributed by atoms with E-state index in [1.54, 1.807) is 10.9 Å². The van der Waals surface area contributed by atoms with Crippen molar-refractivity contribution < 1.29 is 9.90 Å². The average molecular weight is 452 g/mol. The minimum atomic E-state index is -0.472. The van der Waals surface area contributed by atoms with E-state index in [1.165, 1.54) is 25.7 Å². The fourth-order valence-corrected chi connectivity index (χ4v) is 9.56. The molecule has 0 aliphatic heterocycles. The van der Waals surface area contributed by atoms with Gasteiger partial charge in [0.1, 0.15) is 12.6 Å². The van der Waals surface area contributed by atoms with E-state index in [-0.39, 0.29) is 17.9 Å². The highest BCUT2D eigenvalue weighted by Gasteiger charge is 2.63. The number of aromatic nitrogens is 2. The average Bonchev–Trinajstić information content (AvgIpc) is 3.20. The minimum Gasteiger partial charge on any atom is -0.390 e. The Morgan fingerprint density at radius 1 is 1.15 bits per heavy atom. The fourth-order valence-electron chi connectivity index (χ4n) is 9.56. The van der Waals surface area contributed by atoms with E-state index in [0.29, 0.717) is 35.0 Å². The molecule has 5 rings (SSSR count). The third-order valence-corrected chi connectivity index (χ3v) is 11.0. The van der Waals surface area contributed by atoms with Gasteiger partial charge in [-0.05, 0) is 106 Å². The first-order valence-corrected chi connectivity index (χ1v) is 13.2. The molecule has 1 aromatic rings. The molecule has 1 N–H and O–H groups in total. The van der Waals surface area contributed by atoms with Crippen molar-refractivity contribution >= 4 is 5.78 Å². The molecule has 5 nitrogen and oxygen atoms in total. The number of nitrogens with zero attached hydrogens (tertiary/aromatic N) is 3. The normalized spacial score (nSPS) is 46.7. The fraction of sp³-hybridized carbons (Fsp3) is 0.821. The molecule has 0 amide bonds. The van der Waals surface area contributed by atoms with Gasteiger partial charge in [0.2, 0.25) is 0 Å². The van der Waals surface area contributed by atoms with Gasteiger partial charge in [0.05, 0.1) is 23.1 Å². The predicted molar refractivity (Wildman–Crippen MR) is 127 cm³/mol. The van der Waals surface area contributed by atoms with Gasteiger partial charge in [-0.25, -0.2) is 0 Å². The number of hydrogen-bond acceptors (Lipinski definition) is 4. The second-order valence-corrected chi connectivity index (χ2v) is 12.7. The molecule has 1 heterocycles. The Labute approximate surface area is 198 Å². The number of Topliss-reactive ketones (excluding diaryl/α,β-unsaturated/α-hetero) is 1. The van der Waals surface area contributed by atoms with Gasteiger partial charge in [0.15, 0.2) is 5.78 Å². The lowest BCUT2D eigenvalue weighted by Gasteiger charge is -2.57. The van der Waals surface area contributed by atoms with E-state index in [0.717, 1.165) is 42.7 Å². The maximum atomic E-state index is 13.8. The smallest absolute Gasteiger partial charge is 0.158 e. The van der Waals surface area contributed by atoms with Crippen LogP contribution < -0.4 is 0 Å². The van der Waals surface area contributed by atoms with Crippen LogP contribution in [0.25, 0.3) is 0 Å².